The summed E-state index contributed by atoms with van der Waals surface area (Å²) in [5.74, 6) is 4.33. The molecule has 56 heavy (non-hydrogen) atoms. The first-order valence-electron chi connectivity index (χ1n) is 18.4. The summed E-state index contributed by atoms with van der Waals surface area (Å²) in [6.45, 7) is 0.926. The van der Waals surface area contributed by atoms with E-state index >= 15 is 0 Å². The van der Waals surface area contributed by atoms with Gasteiger partial charge in [0.15, 0.2) is 11.6 Å². The van der Waals surface area contributed by atoms with E-state index in [-0.39, 0.29) is 18.8 Å². The highest BCUT2D eigenvalue weighted by molar-refractivity contribution is 6.28. The van der Waals surface area contributed by atoms with Crippen molar-refractivity contribution in [1.82, 2.24) is 58.3 Å². The first kappa shape index (κ1) is 37.9. The predicted molar refractivity (Wildman–Crippen MR) is 220 cm³/mol. The van der Waals surface area contributed by atoms with Crippen molar-refractivity contribution in [3.63, 3.8) is 0 Å². The van der Waals surface area contributed by atoms with Crippen LogP contribution in [0.15, 0.2) is 111 Å². The van der Waals surface area contributed by atoms with Gasteiger partial charge >= 0.3 is 0 Å². The van der Waals surface area contributed by atoms with Gasteiger partial charge in [-0.15, -0.1) is 10.2 Å². The van der Waals surface area contributed by atoms with Gasteiger partial charge in [0.05, 0.1) is 18.7 Å². The summed E-state index contributed by atoms with van der Waals surface area (Å²) < 4.78 is 7.28. The van der Waals surface area contributed by atoms with E-state index in [4.69, 9.17) is 21.7 Å². The minimum Gasteiger partial charge on any atom is -0.338 e. The highest BCUT2D eigenvalue weighted by atomic mass is 35.5. The quantitative estimate of drug-likeness (QED) is 0.162. The minimum absolute atomic E-state index is 0. The zero-order valence-electron chi connectivity index (χ0n) is 30.7. The van der Waals surface area contributed by atoms with Crippen molar-refractivity contribution in [1.29, 1.82) is 0 Å². The summed E-state index contributed by atoms with van der Waals surface area (Å²) in [4.78, 5) is 28.4. The van der Waals surface area contributed by atoms with Crippen molar-refractivity contribution < 1.29 is 0 Å². The highest BCUT2D eigenvalue weighted by Gasteiger charge is 2.29. The molecule has 15 nitrogen and oxygen atoms in total. The molecule has 288 valence electrons. The van der Waals surface area contributed by atoms with Crippen molar-refractivity contribution in [2.24, 2.45) is 14.1 Å². The van der Waals surface area contributed by atoms with Crippen LogP contribution in [0.2, 0.25) is 5.28 Å². The fraction of sp³-hybridized carbons (Fsp3) is 0.300. The van der Waals surface area contributed by atoms with Gasteiger partial charge < -0.3 is 24.7 Å². The topological polar surface area (TPSA) is 149 Å². The molecular weight excluding hydrogens is 726 g/mol. The number of anilines is 5. The summed E-state index contributed by atoms with van der Waals surface area (Å²) in [5.41, 5.74) is 4.26. The van der Waals surface area contributed by atoms with Crippen LogP contribution in [0.3, 0.4) is 0 Å². The van der Waals surface area contributed by atoms with Gasteiger partial charge in [-0.25, -0.2) is 19.0 Å². The Labute approximate surface area is 330 Å². The molecule has 1 unspecified atom stereocenters. The van der Waals surface area contributed by atoms with Crippen LogP contribution in [0, 0.1) is 0 Å². The molecular formula is C40H46ClN15. The zero-order chi connectivity index (χ0) is 37.6. The Morgan fingerprint density at radius 2 is 1.38 bits per heavy atom. The van der Waals surface area contributed by atoms with Crippen LogP contribution in [0.1, 0.15) is 69.2 Å². The minimum atomic E-state index is 0. The van der Waals surface area contributed by atoms with Crippen LogP contribution in [0.4, 0.5) is 29.2 Å². The molecule has 8 aromatic heterocycles. The van der Waals surface area contributed by atoms with E-state index in [1.54, 1.807) is 23.4 Å². The summed E-state index contributed by atoms with van der Waals surface area (Å²) in [7, 11) is 3.84. The van der Waals surface area contributed by atoms with Gasteiger partial charge in [0.25, 0.3) is 0 Å². The lowest BCUT2D eigenvalue weighted by molar-refractivity contribution is 0.687. The third-order valence-electron chi connectivity index (χ3n) is 9.69. The number of halogens is 1. The maximum absolute atomic E-state index is 5.84. The molecule has 2 aliphatic rings. The largest absolute Gasteiger partial charge is 0.338 e. The zero-order valence-corrected chi connectivity index (χ0v) is 31.4. The first-order chi connectivity index (χ1) is 27.0. The predicted octanol–water partition coefficient (Wildman–Crippen LogP) is 8.18. The molecule has 1 aliphatic carbocycles. The molecule has 1 aliphatic heterocycles. The van der Waals surface area contributed by atoms with Gasteiger partial charge in [0, 0.05) is 75.6 Å². The van der Waals surface area contributed by atoms with Crippen LogP contribution >= 0.6 is 11.6 Å². The van der Waals surface area contributed by atoms with Gasteiger partial charge in [-0.3, -0.25) is 9.97 Å². The molecule has 2 N–H and O–H groups in total. The smallest absolute Gasteiger partial charge is 0.246 e. The fourth-order valence-corrected chi connectivity index (χ4v) is 7.26. The molecule has 1 atom stereocenters. The number of nitrogens with one attached hydrogen (secondary N) is 2. The average molecular weight is 772 g/mol. The molecule has 0 bridgehead atoms. The molecule has 1 saturated carbocycles. The number of nitrogens with zero attached hydrogens (tertiary/aromatic N) is 13. The molecule has 2 fully saturated rings. The molecule has 1 saturated heterocycles. The normalized spacial score (nSPS) is 15.2. The fourth-order valence-electron chi connectivity index (χ4n) is 7.10. The van der Waals surface area contributed by atoms with E-state index in [1.165, 1.54) is 36.9 Å². The Hall–Kier alpha value is -6.35. The van der Waals surface area contributed by atoms with E-state index in [2.05, 4.69) is 63.8 Å². The van der Waals surface area contributed by atoms with Crippen molar-refractivity contribution >= 4 is 51.9 Å². The van der Waals surface area contributed by atoms with E-state index in [9.17, 15) is 0 Å². The third kappa shape index (κ3) is 8.78. The average Bonchev–Trinajstić information content (AvgIpc) is 4.05. The van der Waals surface area contributed by atoms with Crippen molar-refractivity contribution in [3.05, 3.63) is 127 Å². The number of rotatable bonds is 7. The Bertz CT molecular complexity index is 2450. The molecule has 10 rings (SSSR count). The van der Waals surface area contributed by atoms with Gasteiger partial charge in [-0.05, 0) is 85.3 Å². The first-order valence-corrected chi connectivity index (χ1v) is 18.8. The second-order valence-corrected chi connectivity index (χ2v) is 14.0. The number of hydrogen-bond donors (Lipinski definition) is 2. The lowest BCUT2D eigenvalue weighted by Gasteiger charge is -2.25. The molecule has 0 amide bonds. The molecule has 0 aromatic carbocycles. The monoisotopic (exact) mass is 771 g/mol. The Balaban J connectivity index is 0.000000141. The maximum Gasteiger partial charge on any atom is 0.246 e. The van der Waals surface area contributed by atoms with Gasteiger partial charge in [0.2, 0.25) is 11.2 Å². The molecule has 0 spiro atoms. The Kier molecular flexibility index (Phi) is 11.8. The third-order valence-corrected chi connectivity index (χ3v) is 9.85. The lowest BCUT2D eigenvalue weighted by atomic mass is 10.0. The van der Waals surface area contributed by atoms with E-state index in [0.29, 0.717) is 17.6 Å². The second kappa shape index (κ2) is 17.4. The summed E-state index contributed by atoms with van der Waals surface area (Å²) in [6, 6.07) is 18.3. The number of fused-ring (bicyclic) bond motifs is 2. The summed E-state index contributed by atoms with van der Waals surface area (Å²) >= 11 is 5.84. The Morgan fingerprint density at radius 1 is 0.696 bits per heavy atom. The second-order valence-electron chi connectivity index (χ2n) is 13.6. The van der Waals surface area contributed by atoms with Crippen molar-refractivity contribution in [2.75, 3.05) is 22.1 Å². The molecule has 9 heterocycles. The lowest BCUT2D eigenvalue weighted by Crippen LogP contribution is -2.26. The van der Waals surface area contributed by atoms with Gasteiger partial charge in [-0.1, -0.05) is 32.4 Å². The van der Waals surface area contributed by atoms with E-state index < -0.39 is 0 Å². The van der Waals surface area contributed by atoms with Crippen LogP contribution in [-0.2, 0) is 14.1 Å². The SMILES string of the molecule is C.Cn1cnc(Nc2nc(Cl)nn3cccc23)c1.Cn1cnc(Nc2nc(N3CCCC3c3cccnc3)nn3cccc23)c1.c1ccc(C2CCCC2)nc1. The summed E-state index contributed by atoms with van der Waals surface area (Å²) in [6.07, 6.45) is 24.3. The van der Waals surface area contributed by atoms with Crippen LogP contribution in [0.5, 0.6) is 0 Å². The van der Waals surface area contributed by atoms with E-state index in [0.717, 1.165) is 48.0 Å². The molecule has 0 radical (unpaired) electrons. The molecule has 8 aromatic rings. The number of aryl methyl sites for hydroxylation is 2. The van der Waals surface area contributed by atoms with Crippen molar-refractivity contribution in [2.45, 2.75) is 57.9 Å². The van der Waals surface area contributed by atoms with Gasteiger partial charge in [-0.2, -0.15) is 9.97 Å². The maximum atomic E-state index is 5.84. The number of aromatic nitrogens is 12. The number of imidazole rings is 2. The summed E-state index contributed by atoms with van der Waals surface area (Å²) in [5, 5.41) is 15.4. The van der Waals surface area contributed by atoms with Gasteiger partial charge in [0.1, 0.15) is 22.7 Å². The standard InChI is InChI=1S/C19H20N8.C10H9ClN6.C10H13N.CH4/c1-25-12-17(21-13-25)22-18-16-7-4-10-27(16)24-19(23-18)26-9-3-6-15(26)14-5-2-8-20-11-14;1-16-5-8(12-6-16)13-9-7-3-2-4-17(7)15-10(11)14-9;1-2-6-9(5-1)10-7-3-4-8-11-10;/h2,4-5,7-8,10-13,15H,3,6,9H2,1H3,(H,22,23,24);2-6H,1H3,(H,13,14,15);3-4,7-9H,1-2,5-6H2;1H4. The van der Waals surface area contributed by atoms with Crippen LogP contribution < -0.4 is 15.5 Å². The van der Waals surface area contributed by atoms with Crippen LogP contribution in [-0.4, -0.2) is 64.8 Å². The van der Waals surface area contributed by atoms with E-state index in [1.807, 2.05) is 101 Å². The highest BCUT2D eigenvalue weighted by Crippen LogP contribution is 2.35. The number of hydrogen-bond acceptors (Lipinski definition) is 11. The number of pyridine rings is 2. The Morgan fingerprint density at radius 3 is 1.98 bits per heavy atom. The molecule has 16 heteroatoms. The van der Waals surface area contributed by atoms with Crippen LogP contribution in [0.25, 0.3) is 11.0 Å². The van der Waals surface area contributed by atoms with Crippen molar-refractivity contribution in [3.8, 4) is 0 Å².